The zero-order valence-electron chi connectivity index (χ0n) is 15.4. The number of aromatic nitrogens is 1. The number of hydrogen-bond donors (Lipinski definition) is 2. The summed E-state index contributed by atoms with van der Waals surface area (Å²) < 4.78 is 12.1. The lowest BCUT2D eigenvalue weighted by molar-refractivity contribution is 0.413. The molecule has 25 heavy (non-hydrogen) atoms. The van der Waals surface area contributed by atoms with Gasteiger partial charge < -0.3 is 10.6 Å². The summed E-state index contributed by atoms with van der Waals surface area (Å²) in [5.41, 5.74) is 0. The van der Waals surface area contributed by atoms with Gasteiger partial charge in [0, 0.05) is 58.9 Å². The number of aryl methyl sites for hydroxylation is 1. The van der Waals surface area contributed by atoms with Gasteiger partial charge in [-0.2, -0.15) is 0 Å². The molecule has 2 rings (SSSR count). The summed E-state index contributed by atoms with van der Waals surface area (Å²) in [7, 11) is 1.12. The summed E-state index contributed by atoms with van der Waals surface area (Å²) in [6.45, 7) is 4.99. The molecule has 1 fully saturated rings. The molecule has 1 aliphatic carbocycles. The Labute approximate surface area is 175 Å². The molecule has 0 radical (unpaired) electrons. The van der Waals surface area contributed by atoms with Crippen molar-refractivity contribution >= 4 is 52.1 Å². The fourth-order valence-electron chi connectivity index (χ4n) is 3.05. The second-order valence-electron chi connectivity index (χ2n) is 6.12. The average Bonchev–Trinajstić information content (AvgIpc) is 3.08. The SMILES string of the molecule is CCc1cnc(CCNC(=NC)NC2CCCC(S(=O)CC)C2)s1.I. The molecule has 0 aliphatic heterocycles. The Morgan fingerprint density at radius 2 is 2.24 bits per heavy atom. The summed E-state index contributed by atoms with van der Waals surface area (Å²) in [5, 5.41) is 8.39. The van der Waals surface area contributed by atoms with Gasteiger partial charge in [0.25, 0.3) is 0 Å². The molecule has 3 unspecified atom stereocenters. The number of halogens is 1. The lowest BCUT2D eigenvalue weighted by Gasteiger charge is -2.30. The standard InChI is InChI=1S/C17H30N4OS2.HI/c1-4-14-12-20-16(23-14)9-10-19-17(18-3)21-13-7-6-8-15(11-13)24(22)5-2;/h12-13,15H,4-11H2,1-3H3,(H2,18,19,21);1H. The van der Waals surface area contributed by atoms with E-state index < -0.39 is 10.8 Å². The van der Waals surface area contributed by atoms with Crippen LogP contribution in [0.2, 0.25) is 0 Å². The third kappa shape index (κ3) is 7.50. The number of aliphatic imine (C=N–C) groups is 1. The lowest BCUT2D eigenvalue weighted by Crippen LogP contribution is -2.47. The first-order valence-corrected chi connectivity index (χ1v) is 11.1. The van der Waals surface area contributed by atoms with Crippen molar-refractivity contribution in [1.82, 2.24) is 15.6 Å². The zero-order chi connectivity index (χ0) is 17.4. The zero-order valence-corrected chi connectivity index (χ0v) is 19.4. The normalized spacial score (nSPS) is 22.1. The van der Waals surface area contributed by atoms with Crippen LogP contribution >= 0.6 is 35.3 Å². The van der Waals surface area contributed by atoms with E-state index in [0.717, 1.165) is 56.8 Å². The minimum absolute atomic E-state index is 0. The van der Waals surface area contributed by atoms with E-state index in [0.29, 0.717) is 11.3 Å². The number of thiazole rings is 1. The quantitative estimate of drug-likeness (QED) is 0.345. The van der Waals surface area contributed by atoms with E-state index in [1.807, 2.05) is 13.1 Å². The van der Waals surface area contributed by atoms with Gasteiger partial charge in [0.2, 0.25) is 0 Å². The van der Waals surface area contributed by atoms with Gasteiger partial charge in [0.1, 0.15) is 0 Å². The maximum atomic E-state index is 12.1. The second-order valence-corrected chi connectivity index (χ2v) is 9.33. The third-order valence-electron chi connectivity index (χ3n) is 4.43. The molecular formula is C17H31IN4OS2. The van der Waals surface area contributed by atoms with Gasteiger partial charge in [0.05, 0.1) is 5.01 Å². The van der Waals surface area contributed by atoms with Crippen LogP contribution in [0.25, 0.3) is 0 Å². The first-order chi connectivity index (χ1) is 11.7. The third-order valence-corrected chi connectivity index (χ3v) is 7.37. The molecule has 2 N–H and O–H groups in total. The van der Waals surface area contributed by atoms with Crippen molar-refractivity contribution in [3.8, 4) is 0 Å². The van der Waals surface area contributed by atoms with Crippen LogP contribution in [0.15, 0.2) is 11.2 Å². The maximum Gasteiger partial charge on any atom is 0.191 e. The summed E-state index contributed by atoms with van der Waals surface area (Å²) >= 11 is 1.79. The molecule has 0 spiro atoms. The van der Waals surface area contributed by atoms with Crippen molar-refractivity contribution in [1.29, 1.82) is 0 Å². The molecule has 1 aromatic rings. The summed E-state index contributed by atoms with van der Waals surface area (Å²) in [4.78, 5) is 10.1. The van der Waals surface area contributed by atoms with Crippen LogP contribution in [0.1, 0.15) is 49.4 Å². The van der Waals surface area contributed by atoms with E-state index >= 15 is 0 Å². The minimum Gasteiger partial charge on any atom is -0.356 e. The van der Waals surface area contributed by atoms with E-state index in [4.69, 9.17) is 0 Å². The Morgan fingerprint density at radius 1 is 1.44 bits per heavy atom. The van der Waals surface area contributed by atoms with Crippen molar-refractivity contribution in [3.05, 3.63) is 16.1 Å². The topological polar surface area (TPSA) is 66.4 Å². The maximum absolute atomic E-state index is 12.1. The molecule has 1 saturated carbocycles. The number of nitrogens with zero attached hydrogens (tertiary/aromatic N) is 2. The lowest BCUT2D eigenvalue weighted by atomic mass is 9.95. The van der Waals surface area contributed by atoms with Gasteiger partial charge in [0.15, 0.2) is 5.96 Å². The largest absolute Gasteiger partial charge is 0.356 e. The molecule has 1 aliphatic rings. The summed E-state index contributed by atoms with van der Waals surface area (Å²) in [6.07, 6.45) is 8.29. The van der Waals surface area contributed by atoms with Crippen LogP contribution in [0.5, 0.6) is 0 Å². The minimum atomic E-state index is -0.687. The van der Waals surface area contributed by atoms with Gasteiger partial charge in [-0.25, -0.2) is 4.98 Å². The molecule has 5 nitrogen and oxygen atoms in total. The van der Waals surface area contributed by atoms with Crippen LogP contribution < -0.4 is 10.6 Å². The van der Waals surface area contributed by atoms with Crippen molar-refractivity contribution in [2.45, 2.75) is 63.7 Å². The Kier molecular flexibility index (Phi) is 11.2. The van der Waals surface area contributed by atoms with E-state index in [2.05, 4.69) is 27.5 Å². The molecule has 8 heteroatoms. The molecule has 0 aromatic carbocycles. The first kappa shape index (κ1) is 22.8. The van der Waals surface area contributed by atoms with Crippen molar-refractivity contribution in [2.75, 3.05) is 19.3 Å². The molecule has 0 amide bonds. The highest BCUT2D eigenvalue weighted by Crippen LogP contribution is 2.23. The van der Waals surface area contributed by atoms with Crippen molar-refractivity contribution in [3.63, 3.8) is 0 Å². The van der Waals surface area contributed by atoms with Crippen LogP contribution in [0.3, 0.4) is 0 Å². The predicted molar refractivity (Wildman–Crippen MR) is 120 cm³/mol. The van der Waals surface area contributed by atoms with E-state index in [1.54, 1.807) is 18.4 Å². The molecule has 0 saturated heterocycles. The predicted octanol–water partition coefficient (Wildman–Crippen LogP) is 3.11. The average molecular weight is 499 g/mol. The Balaban J connectivity index is 0.00000312. The van der Waals surface area contributed by atoms with Gasteiger partial charge in [-0.05, 0) is 25.7 Å². The van der Waals surface area contributed by atoms with Crippen LogP contribution in [-0.2, 0) is 23.6 Å². The van der Waals surface area contributed by atoms with Gasteiger partial charge in [-0.3, -0.25) is 9.20 Å². The molecule has 3 atom stereocenters. The number of nitrogens with one attached hydrogen (secondary N) is 2. The highest BCUT2D eigenvalue weighted by atomic mass is 127. The smallest absolute Gasteiger partial charge is 0.191 e. The fourth-order valence-corrected chi connectivity index (χ4v) is 5.26. The Hall–Kier alpha value is -0.220. The highest BCUT2D eigenvalue weighted by Gasteiger charge is 2.25. The fraction of sp³-hybridized carbons (Fsp3) is 0.765. The van der Waals surface area contributed by atoms with Crippen molar-refractivity contribution in [2.24, 2.45) is 4.99 Å². The van der Waals surface area contributed by atoms with E-state index in [-0.39, 0.29) is 24.0 Å². The van der Waals surface area contributed by atoms with Gasteiger partial charge >= 0.3 is 0 Å². The molecular weight excluding hydrogens is 467 g/mol. The summed E-state index contributed by atoms with van der Waals surface area (Å²) in [6, 6.07) is 0.372. The Morgan fingerprint density at radius 3 is 2.88 bits per heavy atom. The highest BCUT2D eigenvalue weighted by molar-refractivity contribution is 14.0. The molecule has 0 bridgehead atoms. The summed E-state index contributed by atoms with van der Waals surface area (Å²) in [5.74, 6) is 1.60. The van der Waals surface area contributed by atoms with E-state index in [1.165, 1.54) is 9.88 Å². The second kappa shape index (κ2) is 12.2. The number of rotatable bonds is 7. The van der Waals surface area contributed by atoms with E-state index in [9.17, 15) is 4.21 Å². The van der Waals surface area contributed by atoms with Crippen molar-refractivity contribution < 1.29 is 4.21 Å². The Bertz CT molecular complexity index is 565. The monoisotopic (exact) mass is 498 g/mol. The van der Waals surface area contributed by atoms with Gasteiger partial charge in [-0.1, -0.05) is 20.3 Å². The first-order valence-electron chi connectivity index (χ1n) is 8.94. The number of hydrogen-bond acceptors (Lipinski definition) is 4. The van der Waals surface area contributed by atoms with Crippen LogP contribution in [0, 0.1) is 0 Å². The van der Waals surface area contributed by atoms with Crippen LogP contribution in [-0.4, -0.2) is 45.8 Å². The molecule has 144 valence electrons. The van der Waals surface area contributed by atoms with Crippen LogP contribution in [0.4, 0.5) is 0 Å². The molecule has 1 heterocycles. The van der Waals surface area contributed by atoms with Gasteiger partial charge in [-0.15, -0.1) is 35.3 Å². The number of guanidine groups is 1. The molecule has 1 aromatic heterocycles.